The summed E-state index contributed by atoms with van der Waals surface area (Å²) < 4.78 is 30.9. The summed E-state index contributed by atoms with van der Waals surface area (Å²) >= 11 is 0. The van der Waals surface area contributed by atoms with E-state index >= 15 is 0 Å². The van der Waals surface area contributed by atoms with E-state index in [4.69, 9.17) is 10.2 Å². The van der Waals surface area contributed by atoms with Crippen molar-refractivity contribution in [3.05, 3.63) is 134 Å². The summed E-state index contributed by atoms with van der Waals surface area (Å²) in [7, 11) is -8.04. The number of aliphatic hydroxyl groups is 2. The van der Waals surface area contributed by atoms with Gasteiger partial charge in [0.15, 0.2) is 0 Å². The van der Waals surface area contributed by atoms with Crippen LogP contribution < -0.4 is 28.6 Å². The molecule has 338 valence electrons. The molecule has 4 aromatic heterocycles. The number of nitrogens with one attached hydrogen (secondary N) is 4. The second kappa shape index (κ2) is 36.9. The molecule has 0 aliphatic rings. The fraction of sp³-hybridized carbons (Fsp3) is 0.368. The van der Waals surface area contributed by atoms with Gasteiger partial charge in [-0.2, -0.15) is 0 Å². The molecule has 0 bridgehead atoms. The second-order valence-corrected chi connectivity index (χ2v) is 14.4. The minimum absolute atomic E-state index is 0. The van der Waals surface area contributed by atoms with E-state index in [2.05, 4.69) is 48.9 Å². The fourth-order valence-corrected chi connectivity index (χ4v) is 5.13. The van der Waals surface area contributed by atoms with Crippen molar-refractivity contribution in [3.63, 3.8) is 0 Å². The van der Waals surface area contributed by atoms with Crippen molar-refractivity contribution in [2.75, 3.05) is 14.2 Å². The molecule has 18 nitrogen and oxygen atoms in total. The van der Waals surface area contributed by atoms with Gasteiger partial charge in [0, 0.05) is 63.8 Å². The normalized spacial score (nSPS) is 9.80. The molecule has 2 aromatic carbocycles. The first kappa shape index (κ1) is 62.8. The van der Waals surface area contributed by atoms with E-state index in [1.54, 1.807) is 99.1 Å². The molecule has 60 heavy (non-hydrogen) atoms. The molecule has 6 rings (SSSR count). The van der Waals surface area contributed by atoms with E-state index in [1.165, 1.54) is 0 Å². The molecule has 0 fully saturated rings. The van der Waals surface area contributed by atoms with Gasteiger partial charge in [-0.3, -0.25) is 0 Å². The number of aromatic nitrogens is 8. The van der Waals surface area contributed by atoms with Crippen molar-refractivity contribution >= 4 is 15.6 Å². The van der Waals surface area contributed by atoms with Gasteiger partial charge >= 0.3 is 33.6 Å². The molecule has 0 unspecified atom stereocenters. The van der Waals surface area contributed by atoms with Crippen molar-refractivity contribution < 1.29 is 81.5 Å². The molecule has 6 aromatic rings. The standard InChI is InChI=1S/2C12H19O4P.4C3H4N2.2CH4O.2Co/c2*1-8(2)10-6-5-7-11(9(3)4)12(10)16-17(13,14)15;4*1-2-5-3-4-1;2*1-2;;/h2*5-9H,1-4H3,(H2,13,14,15);4*1-3H,(H,4,5);2*2H,1H3;;/q;;;;;;;;2*+2/p-4. The molecule has 0 aliphatic heterocycles. The predicted molar refractivity (Wildman–Crippen MR) is 216 cm³/mol. The quantitative estimate of drug-likeness (QED) is 0.108. The third-order valence-electron chi connectivity index (χ3n) is 6.67. The van der Waals surface area contributed by atoms with Gasteiger partial charge in [-0.25, -0.2) is 19.9 Å². The summed E-state index contributed by atoms with van der Waals surface area (Å²) in [4.78, 5) is 68.9. The zero-order chi connectivity index (χ0) is 44.6. The molecule has 0 aliphatic carbocycles. The topological polar surface area (TPSA) is 300 Å². The number of benzene rings is 2. The Labute approximate surface area is 373 Å². The van der Waals surface area contributed by atoms with Crippen molar-refractivity contribution in [1.29, 1.82) is 0 Å². The number of aliphatic hydroxyl groups excluding tert-OH is 2. The van der Waals surface area contributed by atoms with Crippen LogP contribution in [0.4, 0.5) is 0 Å². The molecule has 0 atom stereocenters. The van der Waals surface area contributed by atoms with Gasteiger partial charge in [-0.1, -0.05) is 91.8 Å². The maximum absolute atomic E-state index is 10.8. The number of aromatic amines is 4. The Balaban J connectivity index is -0.000000333. The van der Waals surface area contributed by atoms with Gasteiger partial charge in [0.05, 0.1) is 25.3 Å². The van der Waals surface area contributed by atoms with Crippen molar-refractivity contribution in [2.45, 2.75) is 79.1 Å². The van der Waals surface area contributed by atoms with Crippen LogP contribution in [0.3, 0.4) is 0 Å². The number of hydrogen-bond acceptors (Lipinski definition) is 14. The van der Waals surface area contributed by atoms with E-state index < -0.39 is 15.6 Å². The van der Waals surface area contributed by atoms with E-state index in [9.17, 15) is 28.7 Å². The molecule has 0 saturated carbocycles. The van der Waals surface area contributed by atoms with E-state index in [0.29, 0.717) is 0 Å². The summed E-state index contributed by atoms with van der Waals surface area (Å²) in [6.07, 6.45) is 20.3. The van der Waals surface area contributed by atoms with E-state index in [1.807, 2.05) is 67.5 Å². The van der Waals surface area contributed by atoms with Crippen LogP contribution >= 0.6 is 15.6 Å². The van der Waals surface area contributed by atoms with Gasteiger partial charge in [-0.05, 0) is 45.9 Å². The molecular weight excluding hydrogens is 908 g/mol. The Morgan fingerprint density at radius 1 is 0.467 bits per heavy atom. The van der Waals surface area contributed by atoms with E-state index in [0.717, 1.165) is 36.5 Å². The minimum atomic E-state index is -5.02. The predicted octanol–water partition coefficient (Wildman–Crippen LogP) is 5.13. The summed E-state index contributed by atoms with van der Waals surface area (Å²) in [5.74, 6) is 0.771. The average molecular weight is 967 g/mol. The Bertz CT molecular complexity index is 1550. The summed E-state index contributed by atoms with van der Waals surface area (Å²) in [6.45, 7) is 15.4. The van der Waals surface area contributed by atoms with Crippen LogP contribution in [0.1, 0.15) is 101 Å². The number of phosphoric acid groups is 2. The van der Waals surface area contributed by atoms with Crippen LogP contribution in [-0.2, 0) is 42.7 Å². The first-order chi connectivity index (χ1) is 27.4. The third kappa shape index (κ3) is 31.1. The smallest absolute Gasteiger partial charge is 0.780 e. The largest absolute Gasteiger partial charge is 2.00 e. The Morgan fingerprint density at radius 3 is 0.767 bits per heavy atom. The Kier molecular flexibility index (Phi) is 38.6. The molecule has 22 heteroatoms. The maximum atomic E-state index is 10.8. The summed E-state index contributed by atoms with van der Waals surface area (Å²) in [5, 5.41) is 14.0. The zero-order valence-electron chi connectivity index (χ0n) is 35.2. The molecule has 0 amide bonds. The SMILES string of the molecule is CC(C)c1cccc(C(C)C)c1OP(=O)([O-])[O-].CC(C)c1cccc(C(C)C)c1OP(=O)([O-])[O-].CO.CO.[Co+2].[Co+2].c1c[nH]cn1.c1c[nH]cn1.c1c[nH]cn1.c1c[nH]cn1. The van der Waals surface area contributed by atoms with Crippen LogP contribution in [0.5, 0.6) is 11.5 Å². The monoisotopic (exact) mass is 966 g/mol. The molecule has 6 N–H and O–H groups in total. The number of imidazole rings is 4. The first-order valence-electron chi connectivity index (χ1n) is 17.7. The van der Waals surface area contributed by atoms with E-state index in [-0.39, 0.29) is 68.7 Å². The second-order valence-electron chi connectivity index (χ2n) is 12.3. The first-order valence-corrected chi connectivity index (χ1v) is 20.7. The number of para-hydroxylation sites is 2. The van der Waals surface area contributed by atoms with Crippen LogP contribution in [0, 0.1) is 0 Å². The van der Waals surface area contributed by atoms with Crippen molar-refractivity contribution in [1.82, 2.24) is 39.9 Å². The van der Waals surface area contributed by atoms with Gasteiger partial charge < -0.3 is 67.9 Å². The zero-order valence-corrected chi connectivity index (χ0v) is 39.1. The number of rotatable bonds is 8. The Hall–Kier alpha value is -3.89. The average Bonchev–Trinajstić information content (AvgIpc) is 4.03. The summed E-state index contributed by atoms with van der Waals surface area (Å²) in [6, 6.07) is 10.8. The Morgan fingerprint density at radius 2 is 0.667 bits per heavy atom. The molecule has 0 spiro atoms. The fourth-order valence-electron chi connectivity index (χ4n) is 4.26. The van der Waals surface area contributed by atoms with Gasteiger partial charge in [0.1, 0.15) is 27.1 Å². The van der Waals surface area contributed by atoms with Gasteiger partial charge in [0.25, 0.3) is 0 Å². The van der Waals surface area contributed by atoms with Gasteiger partial charge in [0.2, 0.25) is 0 Å². The number of H-pyrrole nitrogens is 4. The van der Waals surface area contributed by atoms with Crippen molar-refractivity contribution in [3.8, 4) is 11.5 Å². The molecule has 4 heterocycles. The molecule has 0 saturated heterocycles. The third-order valence-corrected chi connectivity index (χ3v) is 7.48. The summed E-state index contributed by atoms with van der Waals surface area (Å²) in [5.41, 5.74) is 2.96. The van der Waals surface area contributed by atoms with Crippen LogP contribution in [-0.4, -0.2) is 64.3 Å². The number of hydrogen-bond donors (Lipinski definition) is 6. The number of phosphoric ester groups is 2. The van der Waals surface area contributed by atoms with Gasteiger partial charge in [-0.15, -0.1) is 0 Å². The molecular formula is C38H58Co2N8O10P2. The minimum Gasteiger partial charge on any atom is -0.780 e. The molecule has 2 radical (unpaired) electrons. The van der Waals surface area contributed by atoms with Crippen molar-refractivity contribution in [2.24, 2.45) is 0 Å². The maximum Gasteiger partial charge on any atom is 2.00 e. The van der Waals surface area contributed by atoms with Crippen LogP contribution in [0.25, 0.3) is 0 Å². The number of nitrogens with zero attached hydrogens (tertiary/aromatic N) is 4. The van der Waals surface area contributed by atoms with Crippen LogP contribution in [0.2, 0.25) is 0 Å². The van der Waals surface area contributed by atoms with Crippen LogP contribution in [0.15, 0.2) is 111 Å².